The van der Waals surface area contributed by atoms with Crippen LogP contribution in [0.1, 0.15) is 72.3 Å². The van der Waals surface area contributed by atoms with Crippen molar-refractivity contribution >= 4 is 28.8 Å². The van der Waals surface area contributed by atoms with Gasteiger partial charge in [0.2, 0.25) is 5.91 Å². The first-order valence-electron chi connectivity index (χ1n) is 14.8. The zero-order chi connectivity index (χ0) is 27.5. The Hall–Kier alpha value is -3.58. The van der Waals surface area contributed by atoms with Crippen molar-refractivity contribution in [1.29, 1.82) is 0 Å². The average Bonchev–Trinajstić information content (AvgIpc) is 3.29. The predicted octanol–water partition coefficient (Wildman–Crippen LogP) is 5.17. The Morgan fingerprint density at radius 3 is 2.40 bits per heavy atom. The summed E-state index contributed by atoms with van der Waals surface area (Å²) >= 11 is 0. The fourth-order valence-electron chi connectivity index (χ4n) is 7.81. The smallest absolute Gasteiger partial charge is 0.251 e. The highest BCUT2D eigenvalue weighted by Crippen LogP contribution is 2.47. The second-order valence-corrected chi connectivity index (χ2v) is 12.2. The summed E-state index contributed by atoms with van der Waals surface area (Å²) in [6, 6.07) is 12.9. The number of carbonyl (C=O) groups excluding carboxylic acids is 2. The van der Waals surface area contributed by atoms with Gasteiger partial charge in [-0.2, -0.15) is 0 Å². The molecule has 3 aromatic rings. The Morgan fingerprint density at radius 1 is 0.950 bits per heavy atom. The number of amides is 2. The quantitative estimate of drug-likeness (QED) is 0.497. The van der Waals surface area contributed by atoms with Gasteiger partial charge in [-0.25, -0.2) is 0 Å². The highest BCUT2D eigenvalue weighted by Gasteiger charge is 2.40. The average molecular weight is 539 g/mol. The summed E-state index contributed by atoms with van der Waals surface area (Å²) in [7, 11) is 3.88. The Labute approximate surface area is 235 Å². The molecule has 3 aliphatic heterocycles. The van der Waals surface area contributed by atoms with Crippen LogP contribution in [0.15, 0.2) is 42.0 Å². The van der Waals surface area contributed by atoms with E-state index in [9.17, 15) is 9.59 Å². The monoisotopic (exact) mass is 538 g/mol. The lowest BCUT2D eigenvalue weighted by atomic mass is 9.81. The van der Waals surface area contributed by atoms with Gasteiger partial charge in [-0.3, -0.25) is 14.5 Å². The molecule has 0 radical (unpaired) electrons. The summed E-state index contributed by atoms with van der Waals surface area (Å²) in [5, 5.41) is 1.17. The van der Waals surface area contributed by atoms with Crippen LogP contribution < -0.4 is 10.5 Å². The number of ether oxygens (including phenoxy) is 1. The molecule has 1 aliphatic carbocycles. The first-order chi connectivity index (χ1) is 19.4. The number of primary amides is 1. The fraction of sp³-hybridized carbons (Fsp3) is 0.455. The van der Waals surface area contributed by atoms with Crippen molar-refractivity contribution in [2.45, 2.75) is 69.5 Å². The van der Waals surface area contributed by atoms with Crippen molar-refractivity contribution in [2.24, 2.45) is 5.73 Å². The number of carbonyl (C=O) groups is 2. The second kappa shape index (κ2) is 9.81. The largest absolute Gasteiger partial charge is 0.497 e. The van der Waals surface area contributed by atoms with Crippen molar-refractivity contribution in [3.8, 4) is 17.0 Å². The molecule has 3 fully saturated rings. The summed E-state index contributed by atoms with van der Waals surface area (Å²) in [6.07, 6.45) is 10.4. The Balaban J connectivity index is 1.42. The Kier molecular flexibility index (Phi) is 6.22. The van der Waals surface area contributed by atoms with E-state index in [4.69, 9.17) is 10.5 Å². The molecular formula is C33H38N4O3. The lowest BCUT2D eigenvalue weighted by molar-refractivity contribution is -0.130. The lowest BCUT2D eigenvalue weighted by Crippen LogP contribution is -2.54. The van der Waals surface area contributed by atoms with Crippen LogP contribution in [-0.4, -0.2) is 65.5 Å². The number of aromatic nitrogens is 1. The van der Waals surface area contributed by atoms with Gasteiger partial charge in [-0.1, -0.05) is 25.3 Å². The maximum Gasteiger partial charge on any atom is 0.251 e. The Bertz CT molecular complexity index is 1530. The molecule has 1 saturated carbocycles. The molecule has 7 rings (SSSR count). The Morgan fingerprint density at radius 2 is 1.70 bits per heavy atom. The van der Waals surface area contributed by atoms with E-state index < -0.39 is 5.91 Å². The summed E-state index contributed by atoms with van der Waals surface area (Å²) in [6.45, 7) is 2.00. The summed E-state index contributed by atoms with van der Waals surface area (Å²) in [5.74, 6) is 0.889. The third-order valence-corrected chi connectivity index (χ3v) is 9.98. The van der Waals surface area contributed by atoms with Crippen LogP contribution >= 0.6 is 0 Å². The van der Waals surface area contributed by atoms with E-state index >= 15 is 0 Å². The molecule has 7 heteroatoms. The molecule has 2 N–H and O–H groups in total. The van der Waals surface area contributed by atoms with E-state index in [1.807, 2.05) is 18.2 Å². The van der Waals surface area contributed by atoms with E-state index in [1.165, 1.54) is 35.9 Å². The minimum Gasteiger partial charge on any atom is -0.497 e. The molecule has 2 saturated heterocycles. The molecule has 1 aromatic heterocycles. The third kappa shape index (κ3) is 4.05. The molecule has 2 bridgehead atoms. The van der Waals surface area contributed by atoms with Gasteiger partial charge in [0, 0.05) is 52.8 Å². The van der Waals surface area contributed by atoms with Gasteiger partial charge in [0.25, 0.3) is 5.91 Å². The zero-order valence-electron chi connectivity index (χ0n) is 23.5. The van der Waals surface area contributed by atoms with Gasteiger partial charge >= 0.3 is 0 Å². The molecule has 7 nitrogen and oxygen atoms in total. The standard InChI is InChI=1S/C33H38N4O3/c1-35-24-9-10-25(35)19-36(18-24)33(39)23-14-22-15-26(40-2)11-13-27(22)31-30(20-6-4-3-5-7-20)28-12-8-21(32(34)38)16-29(28)37(31)17-23/h8,11-16,20,24-25H,3-7,9-10,17-19H2,1-2H3,(H2,34,38). The third-order valence-electron chi connectivity index (χ3n) is 9.98. The SMILES string of the molecule is COc1ccc2c(c1)C=C(C(=O)N1CC3CCC(C1)N3C)Cn1c-2c(C2CCCCC2)c2ccc(C(N)=O)cc21. The van der Waals surface area contributed by atoms with E-state index in [0.29, 0.717) is 30.1 Å². The van der Waals surface area contributed by atoms with Crippen LogP contribution in [0.25, 0.3) is 28.2 Å². The van der Waals surface area contributed by atoms with E-state index in [-0.39, 0.29) is 5.91 Å². The molecule has 2 amide bonds. The second-order valence-electron chi connectivity index (χ2n) is 12.2. The predicted molar refractivity (Wildman–Crippen MR) is 157 cm³/mol. The molecule has 0 spiro atoms. The topological polar surface area (TPSA) is 80.8 Å². The van der Waals surface area contributed by atoms with E-state index in [0.717, 1.165) is 66.7 Å². The number of rotatable bonds is 4. The van der Waals surface area contributed by atoms with E-state index in [2.05, 4.69) is 45.7 Å². The minimum absolute atomic E-state index is 0.110. The zero-order valence-corrected chi connectivity index (χ0v) is 23.5. The number of likely N-dealkylation sites (tertiary alicyclic amines) is 1. The number of hydrogen-bond acceptors (Lipinski definition) is 4. The van der Waals surface area contributed by atoms with Crippen LogP contribution in [0.2, 0.25) is 0 Å². The van der Waals surface area contributed by atoms with Gasteiger partial charge < -0.3 is 19.9 Å². The number of nitrogens with two attached hydrogens (primary N) is 1. The highest BCUT2D eigenvalue weighted by atomic mass is 16.5. The molecule has 2 unspecified atom stereocenters. The fourth-order valence-corrected chi connectivity index (χ4v) is 7.81. The summed E-state index contributed by atoms with van der Waals surface area (Å²) in [5.41, 5.74) is 12.6. The number of benzene rings is 2. The van der Waals surface area contributed by atoms with Crippen molar-refractivity contribution < 1.29 is 14.3 Å². The molecule has 40 heavy (non-hydrogen) atoms. The molecular weight excluding hydrogens is 500 g/mol. The van der Waals surface area contributed by atoms with Crippen LogP contribution in [0.4, 0.5) is 0 Å². The molecule has 2 aromatic carbocycles. The van der Waals surface area contributed by atoms with E-state index in [1.54, 1.807) is 7.11 Å². The number of hydrogen-bond donors (Lipinski definition) is 1. The van der Waals surface area contributed by atoms with Crippen LogP contribution in [-0.2, 0) is 11.3 Å². The van der Waals surface area contributed by atoms with Crippen LogP contribution in [0, 0.1) is 0 Å². The first kappa shape index (κ1) is 25.4. The normalized spacial score (nSPS) is 22.9. The molecule has 4 heterocycles. The van der Waals surface area contributed by atoms with Gasteiger partial charge in [0.15, 0.2) is 0 Å². The lowest BCUT2D eigenvalue weighted by Gasteiger charge is -2.39. The number of piperazine rings is 1. The number of methoxy groups -OCH3 is 1. The van der Waals surface area contributed by atoms with Crippen molar-refractivity contribution in [1.82, 2.24) is 14.4 Å². The van der Waals surface area contributed by atoms with Gasteiger partial charge in [0.1, 0.15) is 5.75 Å². The van der Waals surface area contributed by atoms with Crippen molar-refractivity contribution in [3.63, 3.8) is 0 Å². The van der Waals surface area contributed by atoms with Gasteiger partial charge in [0.05, 0.1) is 19.3 Å². The highest BCUT2D eigenvalue weighted by molar-refractivity contribution is 6.04. The first-order valence-corrected chi connectivity index (χ1v) is 14.8. The molecule has 208 valence electrons. The van der Waals surface area contributed by atoms with Crippen LogP contribution in [0.5, 0.6) is 5.75 Å². The maximum absolute atomic E-state index is 14.2. The summed E-state index contributed by atoms with van der Waals surface area (Å²) in [4.78, 5) is 31.0. The van der Waals surface area contributed by atoms with Crippen molar-refractivity contribution in [2.75, 3.05) is 27.2 Å². The number of likely N-dealkylation sites (N-methyl/N-ethyl adjacent to an activating group) is 1. The molecule has 2 atom stereocenters. The number of nitrogens with zero attached hydrogens (tertiary/aromatic N) is 3. The van der Waals surface area contributed by atoms with Gasteiger partial charge in [-0.05, 0) is 86.2 Å². The maximum atomic E-state index is 14.2. The van der Waals surface area contributed by atoms with Crippen LogP contribution in [0.3, 0.4) is 0 Å². The minimum atomic E-state index is -0.435. The number of fused-ring (bicyclic) bond motifs is 7. The van der Waals surface area contributed by atoms with Crippen molar-refractivity contribution in [3.05, 3.63) is 58.7 Å². The molecule has 4 aliphatic rings. The van der Waals surface area contributed by atoms with Gasteiger partial charge in [-0.15, -0.1) is 0 Å². The summed E-state index contributed by atoms with van der Waals surface area (Å²) < 4.78 is 7.92.